The number of nitrogens with zero attached hydrogens (tertiary/aromatic N) is 2. The van der Waals surface area contributed by atoms with E-state index < -0.39 is 0 Å². The van der Waals surface area contributed by atoms with Gasteiger partial charge in [-0.15, -0.1) is 0 Å². The van der Waals surface area contributed by atoms with E-state index in [2.05, 4.69) is 10.2 Å². The molecule has 1 rings (SSSR count). The zero-order valence-electron chi connectivity index (χ0n) is 6.45. The molecule has 2 N–H and O–H groups in total. The molecule has 0 atom stereocenters. The van der Waals surface area contributed by atoms with Crippen LogP contribution in [0.1, 0.15) is 5.69 Å². The Morgan fingerprint density at radius 1 is 1.64 bits per heavy atom. The second kappa shape index (κ2) is 3.88. The van der Waals surface area contributed by atoms with Gasteiger partial charge in [-0.2, -0.15) is 10.2 Å². The van der Waals surface area contributed by atoms with Crippen LogP contribution in [0.2, 0.25) is 0 Å². The maximum atomic E-state index is 5.49. The first-order chi connectivity index (χ1) is 5.33. The molecule has 0 saturated heterocycles. The molecular weight excluding hydrogens is 142 g/mol. The van der Waals surface area contributed by atoms with Crippen LogP contribution < -0.4 is 5.73 Å². The van der Waals surface area contributed by atoms with Crippen molar-refractivity contribution in [3.63, 3.8) is 0 Å². The van der Waals surface area contributed by atoms with Gasteiger partial charge in [-0.25, -0.2) is 0 Å². The van der Waals surface area contributed by atoms with E-state index in [0.717, 1.165) is 12.1 Å². The zero-order valence-corrected chi connectivity index (χ0v) is 6.45. The van der Waals surface area contributed by atoms with Gasteiger partial charge < -0.3 is 10.5 Å². The van der Waals surface area contributed by atoms with E-state index in [0.29, 0.717) is 12.3 Å². The predicted octanol–water partition coefficient (Wildman–Crippen LogP) is 0.248. The summed E-state index contributed by atoms with van der Waals surface area (Å²) in [4.78, 5) is 0. The Morgan fingerprint density at radius 2 is 2.45 bits per heavy atom. The van der Waals surface area contributed by atoms with Gasteiger partial charge in [0.2, 0.25) is 0 Å². The maximum Gasteiger partial charge on any atom is 0.0726 e. The van der Waals surface area contributed by atoms with Crippen LogP contribution in [0.5, 0.6) is 0 Å². The largest absolute Gasteiger partial charge is 0.397 e. The molecule has 0 spiro atoms. The van der Waals surface area contributed by atoms with Gasteiger partial charge in [-0.1, -0.05) is 0 Å². The molecule has 60 valence electrons. The van der Waals surface area contributed by atoms with Crippen molar-refractivity contribution in [3.05, 3.63) is 18.0 Å². The molecule has 11 heavy (non-hydrogen) atoms. The maximum absolute atomic E-state index is 5.49. The van der Waals surface area contributed by atoms with Gasteiger partial charge in [0.25, 0.3) is 0 Å². The molecular formula is C7H11N3O. The number of anilines is 1. The van der Waals surface area contributed by atoms with E-state index >= 15 is 0 Å². The van der Waals surface area contributed by atoms with Crippen molar-refractivity contribution in [2.24, 2.45) is 0 Å². The van der Waals surface area contributed by atoms with E-state index in [1.54, 1.807) is 13.2 Å². The summed E-state index contributed by atoms with van der Waals surface area (Å²) < 4.78 is 4.88. The summed E-state index contributed by atoms with van der Waals surface area (Å²) in [6.45, 7) is 0.651. The van der Waals surface area contributed by atoms with Gasteiger partial charge in [-0.3, -0.25) is 0 Å². The molecule has 0 aliphatic heterocycles. The fourth-order valence-electron chi connectivity index (χ4n) is 0.757. The number of hydrogen-bond donors (Lipinski definition) is 1. The van der Waals surface area contributed by atoms with Gasteiger partial charge in [0.15, 0.2) is 0 Å². The van der Waals surface area contributed by atoms with Crippen LogP contribution in [-0.2, 0) is 11.2 Å². The normalized spacial score (nSPS) is 9.91. The van der Waals surface area contributed by atoms with E-state index in [1.807, 2.05) is 0 Å². The fraction of sp³-hybridized carbons (Fsp3) is 0.429. The van der Waals surface area contributed by atoms with Crippen molar-refractivity contribution < 1.29 is 4.74 Å². The number of hydrogen-bond acceptors (Lipinski definition) is 4. The van der Waals surface area contributed by atoms with E-state index in [4.69, 9.17) is 10.5 Å². The third-order valence-electron chi connectivity index (χ3n) is 1.29. The van der Waals surface area contributed by atoms with E-state index in [9.17, 15) is 0 Å². The molecule has 0 amide bonds. The average molecular weight is 153 g/mol. The fourth-order valence-corrected chi connectivity index (χ4v) is 0.757. The molecule has 4 nitrogen and oxygen atoms in total. The van der Waals surface area contributed by atoms with Crippen molar-refractivity contribution in [3.8, 4) is 0 Å². The summed E-state index contributed by atoms with van der Waals surface area (Å²) in [5.74, 6) is 0. The first-order valence-corrected chi connectivity index (χ1v) is 3.39. The molecule has 1 aromatic rings. The van der Waals surface area contributed by atoms with Crippen molar-refractivity contribution in [2.45, 2.75) is 6.42 Å². The lowest BCUT2D eigenvalue weighted by Gasteiger charge is -1.98. The van der Waals surface area contributed by atoms with Crippen LogP contribution in [0.15, 0.2) is 12.3 Å². The standard InChI is InChI=1S/C7H11N3O/c1-11-3-2-7-4-6(8)5-9-10-7/h4-5H,2-3H2,1H3,(H2,8,10). The zero-order chi connectivity index (χ0) is 8.10. The third kappa shape index (κ3) is 2.51. The lowest BCUT2D eigenvalue weighted by atomic mass is 10.3. The predicted molar refractivity (Wildman–Crippen MR) is 42.0 cm³/mol. The minimum atomic E-state index is 0.645. The van der Waals surface area contributed by atoms with Gasteiger partial charge in [-0.05, 0) is 6.07 Å². The summed E-state index contributed by atoms with van der Waals surface area (Å²) in [7, 11) is 1.65. The number of aromatic nitrogens is 2. The molecule has 4 heteroatoms. The average Bonchev–Trinajstić information content (AvgIpc) is 2.01. The second-order valence-electron chi connectivity index (χ2n) is 2.22. The number of nitrogen functional groups attached to an aromatic ring is 1. The van der Waals surface area contributed by atoms with E-state index in [-0.39, 0.29) is 0 Å². The minimum Gasteiger partial charge on any atom is -0.397 e. The van der Waals surface area contributed by atoms with Crippen LogP contribution in [0.4, 0.5) is 5.69 Å². The Bertz CT molecular complexity index is 227. The first-order valence-electron chi connectivity index (χ1n) is 3.39. The number of methoxy groups -OCH3 is 1. The molecule has 0 aromatic carbocycles. The van der Waals surface area contributed by atoms with Crippen molar-refractivity contribution in [2.75, 3.05) is 19.5 Å². The molecule has 0 saturated carbocycles. The monoisotopic (exact) mass is 153 g/mol. The summed E-state index contributed by atoms with van der Waals surface area (Å²) >= 11 is 0. The van der Waals surface area contributed by atoms with Gasteiger partial charge in [0, 0.05) is 13.5 Å². The molecule has 0 bridgehead atoms. The molecule has 0 fully saturated rings. The summed E-state index contributed by atoms with van der Waals surface area (Å²) in [5, 5.41) is 7.57. The van der Waals surface area contributed by atoms with Crippen molar-refractivity contribution >= 4 is 5.69 Å². The molecule has 1 aromatic heterocycles. The van der Waals surface area contributed by atoms with Crippen LogP contribution in [-0.4, -0.2) is 23.9 Å². The highest BCUT2D eigenvalue weighted by Crippen LogP contribution is 2.00. The smallest absolute Gasteiger partial charge is 0.0726 e. The van der Waals surface area contributed by atoms with Gasteiger partial charge in [0.05, 0.1) is 24.2 Å². The molecule has 0 aliphatic rings. The molecule has 0 unspecified atom stereocenters. The van der Waals surface area contributed by atoms with Gasteiger partial charge >= 0.3 is 0 Å². The Balaban J connectivity index is 2.56. The number of ether oxygens (including phenoxy) is 1. The SMILES string of the molecule is COCCc1cc(N)cnn1. The van der Waals surface area contributed by atoms with Gasteiger partial charge in [0.1, 0.15) is 0 Å². The van der Waals surface area contributed by atoms with E-state index in [1.165, 1.54) is 6.20 Å². The highest BCUT2D eigenvalue weighted by atomic mass is 16.5. The van der Waals surface area contributed by atoms with Crippen LogP contribution in [0, 0.1) is 0 Å². The quantitative estimate of drug-likeness (QED) is 0.676. The second-order valence-corrected chi connectivity index (χ2v) is 2.22. The van der Waals surface area contributed by atoms with Crippen LogP contribution >= 0.6 is 0 Å². The molecule has 1 heterocycles. The summed E-state index contributed by atoms with van der Waals surface area (Å²) in [6.07, 6.45) is 2.28. The van der Waals surface area contributed by atoms with Crippen LogP contribution in [0.25, 0.3) is 0 Å². The topological polar surface area (TPSA) is 61.0 Å². The minimum absolute atomic E-state index is 0.645. The molecule has 0 aliphatic carbocycles. The Kier molecular flexibility index (Phi) is 2.80. The Hall–Kier alpha value is -1.16. The number of rotatable bonds is 3. The Morgan fingerprint density at radius 3 is 3.09 bits per heavy atom. The highest BCUT2D eigenvalue weighted by molar-refractivity contribution is 5.34. The summed E-state index contributed by atoms with van der Waals surface area (Å²) in [5.41, 5.74) is 7.00. The summed E-state index contributed by atoms with van der Waals surface area (Å²) in [6, 6.07) is 1.80. The number of nitrogens with two attached hydrogens (primary N) is 1. The van der Waals surface area contributed by atoms with Crippen molar-refractivity contribution in [1.82, 2.24) is 10.2 Å². The molecule has 0 radical (unpaired) electrons. The first kappa shape index (κ1) is 7.94. The Labute approximate surface area is 65.4 Å². The highest BCUT2D eigenvalue weighted by Gasteiger charge is 1.94. The lowest BCUT2D eigenvalue weighted by Crippen LogP contribution is -2.00. The third-order valence-corrected chi connectivity index (χ3v) is 1.29. The van der Waals surface area contributed by atoms with Crippen LogP contribution in [0.3, 0.4) is 0 Å². The lowest BCUT2D eigenvalue weighted by molar-refractivity contribution is 0.201. The van der Waals surface area contributed by atoms with Crippen molar-refractivity contribution in [1.29, 1.82) is 0 Å².